The zero-order chi connectivity index (χ0) is 49.5. The van der Waals surface area contributed by atoms with Gasteiger partial charge in [-0.2, -0.15) is 10.2 Å². The Hall–Kier alpha value is -7.54. The van der Waals surface area contributed by atoms with E-state index in [1.54, 1.807) is 48.9 Å². The third-order valence-electron chi connectivity index (χ3n) is 16.0. The second-order valence-electron chi connectivity index (χ2n) is 19.2. The highest BCUT2D eigenvalue weighted by molar-refractivity contribution is 6.34. The quantitative estimate of drug-likeness (QED) is 0.102. The number of nitrogens with two attached hydrogens (primary N) is 2. The van der Waals surface area contributed by atoms with E-state index in [9.17, 15) is 13.6 Å². The molecule has 6 N–H and O–H groups in total. The number of piperidine rings is 2. The molecule has 2 aliphatic heterocycles. The van der Waals surface area contributed by atoms with Crippen molar-refractivity contribution in [1.29, 1.82) is 0 Å². The van der Waals surface area contributed by atoms with Gasteiger partial charge in [0, 0.05) is 73.6 Å². The van der Waals surface area contributed by atoms with Crippen LogP contribution in [0.3, 0.4) is 0 Å². The smallest absolute Gasteiger partial charge is 0.337 e. The van der Waals surface area contributed by atoms with E-state index in [-0.39, 0.29) is 28.4 Å². The molecule has 0 amide bonds. The highest BCUT2D eigenvalue weighted by atomic mass is 35.5. The molecular formula is C53H49ClF2N14O2. The minimum atomic E-state index is -0.465. The highest BCUT2D eigenvalue weighted by Crippen LogP contribution is 2.64. The van der Waals surface area contributed by atoms with Crippen LogP contribution in [0, 0.1) is 42.2 Å². The van der Waals surface area contributed by atoms with Crippen molar-refractivity contribution in [1.82, 2.24) is 50.3 Å². The second-order valence-corrected chi connectivity index (χ2v) is 19.6. The van der Waals surface area contributed by atoms with Crippen molar-refractivity contribution >= 4 is 62.6 Å². The summed E-state index contributed by atoms with van der Waals surface area (Å²) in [7, 11) is 1.32. The molecule has 364 valence electrons. The topological polar surface area (TPSA) is 220 Å². The molecule has 5 aromatic heterocycles. The second kappa shape index (κ2) is 17.6. The molecule has 0 spiro atoms. The number of fused-ring (bicyclic) bond motifs is 5. The third kappa shape index (κ3) is 7.17. The van der Waals surface area contributed by atoms with Crippen molar-refractivity contribution in [3.05, 3.63) is 143 Å². The maximum absolute atomic E-state index is 14.7. The number of aromatic nitrogens is 10. The van der Waals surface area contributed by atoms with Gasteiger partial charge in [-0.05, 0) is 90.5 Å². The van der Waals surface area contributed by atoms with Gasteiger partial charge in [0.05, 0.1) is 41.1 Å². The van der Waals surface area contributed by atoms with Crippen molar-refractivity contribution in [2.75, 3.05) is 56.2 Å². The number of H-pyrrole nitrogens is 2. The average Bonchev–Trinajstić information content (AvgIpc) is 4.10. The van der Waals surface area contributed by atoms with Crippen molar-refractivity contribution in [2.24, 2.45) is 35.1 Å². The first-order valence-corrected chi connectivity index (χ1v) is 24.4. The minimum Gasteiger partial charge on any atom is -0.465 e. The van der Waals surface area contributed by atoms with Crippen LogP contribution in [0.4, 0.5) is 20.4 Å². The molecule has 2 saturated carbocycles. The number of carbonyl (C=O) groups excluding carboxylic acids is 1. The number of ether oxygens (including phenoxy) is 1. The Balaban J connectivity index is 0.000000147. The number of hydrogen-bond acceptors (Lipinski definition) is 14. The zero-order valence-electron chi connectivity index (χ0n) is 39.4. The molecule has 2 saturated heterocycles. The average molecular weight is 988 g/mol. The van der Waals surface area contributed by atoms with Crippen LogP contribution in [0.1, 0.15) is 39.9 Å². The maximum Gasteiger partial charge on any atom is 0.337 e. The number of halogens is 3. The van der Waals surface area contributed by atoms with E-state index in [1.165, 1.54) is 19.2 Å². The molecule has 4 fully saturated rings. The molecule has 13 rings (SSSR count). The van der Waals surface area contributed by atoms with Gasteiger partial charge >= 0.3 is 5.97 Å². The van der Waals surface area contributed by atoms with Crippen LogP contribution in [0.25, 0.3) is 55.9 Å². The number of aryl methyl sites for hydroxylation is 1. The summed E-state index contributed by atoms with van der Waals surface area (Å²) >= 11 is 6.44. The van der Waals surface area contributed by atoms with Crippen LogP contribution in [-0.2, 0) is 15.6 Å². The molecule has 4 aliphatic rings. The molecule has 19 heteroatoms. The predicted octanol–water partition coefficient (Wildman–Crippen LogP) is 7.72. The summed E-state index contributed by atoms with van der Waals surface area (Å²) in [4.78, 5) is 44.1. The molecule has 7 heterocycles. The lowest BCUT2D eigenvalue weighted by atomic mass is 9.91. The summed E-state index contributed by atoms with van der Waals surface area (Å²) in [5.41, 5.74) is 21.7. The molecule has 0 radical (unpaired) electrons. The summed E-state index contributed by atoms with van der Waals surface area (Å²) in [6.45, 7) is 6.02. The first kappa shape index (κ1) is 45.6. The van der Waals surface area contributed by atoms with Gasteiger partial charge in [0.2, 0.25) is 0 Å². The Kier molecular flexibility index (Phi) is 11.2. The van der Waals surface area contributed by atoms with Crippen LogP contribution in [0.2, 0.25) is 5.02 Å². The Labute approximate surface area is 416 Å². The number of nitrogens with one attached hydrogen (secondary N) is 2. The number of rotatable bonds is 9. The van der Waals surface area contributed by atoms with E-state index >= 15 is 0 Å². The van der Waals surface area contributed by atoms with Crippen LogP contribution in [-0.4, -0.2) is 103 Å². The number of anilines is 2. The van der Waals surface area contributed by atoms with E-state index < -0.39 is 5.97 Å². The Bertz CT molecular complexity index is 3590. The van der Waals surface area contributed by atoms with Crippen LogP contribution in [0.5, 0.6) is 0 Å². The van der Waals surface area contributed by atoms with Crippen molar-refractivity contribution in [3.8, 4) is 22.5 Å². The van der Waals surface area contributed by atoms with E-state index in [1.807, 2.05) is 49.5 Å². The summed E-state index contributed by atoms with van der Waals surface area (Å²) in [6, 6.07) is 22.9. The van der Waals surface area contributed by atoms with Gasteiger partial charge in [0.25, 0.3) is 0 Å². The lowest BCUT2D eigenvalue weighted by molar-refractivity contribution is 0.0600. The van der Waals surface area contributed by atoms with E-state index in [2.05, 4.69) is 45.1 Å². The number of aromatic amines is 2. The number of nitrogens with zero attached hydrogens (tertiary/aromatic N) is 10. The molecular weight excluding hydrogens is 938 g/mol. The van der Waals surface area contributed by atoms with Gasteiger partial charge in [-0.3, -0.25) is 20.2 Å². The molecule has 72 heavy (non-hydrogen) atoms. The number of esters is 1. The fourth-order valence-corrected chi connectivity index (χ4v) is 12.6. The molecule has 16 nitrogen and oxygen atoms in total. The highest BCUT2D eigenvalue weighted by Gasteiger charge is 2.67. The minimum absolute atomic E-state index is 0.162. The first-order valence-electron chi connectivity index (χ1n) is 24.0. The van der Waals surface area contributed by atoms with Crippen LogP contribution < -0.4 is 21.3 Å². The largest absolute Gasteiger partial charge is 0.465 e. The molecule has 2 aliphatic carbocycles. The monoisotopic (exact) mass is 986 g/mol. The molecule has 9 aromatic rings. The zero-order valence-corrected chi connectivity index (χ0v) is 40.1. The van der Waals surface area contributed by atoms with Crippen molar-refractivity contribution < 1.29 is 18.3 Å². The first-order chi connectivity index (χ1) is 35.1. The fourth-order valence-electron chi connectivity index (χ4n) is 12.3. The lowest BCUT2D eigenvalue weighted by Gasteiger charge is -2.26. The van der Waals surface area contributed by atoms with Gasteiger partial charge in [-0.1, -0.05) is 60.1 Å². The van der Waals surface area contributed by atoms with Gasteiger partial charge in [0.1, 0.15) is 45.7 Å². The van der Waals surface area contributed by atoms with Crippen LogP contribution in [0.15, 0.2) is 104 Å². The Morgan fingerprint density at radius 3 is 1.76 bits per heavy atom. The van der Waals surface area contributed by atoms with E-state index in [4.69, 9.17) is 42.8 Å². The van der Waals surface area contributed by atoms with Gasteiger partial charge in [-0.25, -0.2) is 33.5 Å². The fraction of sp³-hybridized carbons (Fsp3) is 0.302. The third-order valence-corrected chi connectivity index (χ3v) is 16.4. The van der Waals surface area contributed by atoms with E-state index in [0.717, 1.165) is 89.6 Å². The van der Waals surface area contributed by atoms with Gasteiger partial charge in [0.15, 0.2) is 11.3 Å². The standard InChI is InChI=1S/C27H25FN8.C26H24ClFN6O2/c1-15-16(6-7-21-23(15)31-10-9-30-21)24-25-26(35-34-24)33-22(12-32-25)36-11-8-17-19(13-36)27(17,14-29)18-4-2-3-5-20(18)28;1-36-25(35)14-6-7-15(19(27)10-14)22-23-24(33-32-22)31-21(11-30-23)34-9-8-16-18(12-34)26(16,13-29)17-4-2-3-5-20(17)28/h2-7,9-10,12,17,19H,8,11,13-14,29H2,1H3,(H,33,34,35);2-7,10-11,16,18H,8-9,12-13,29H2,1H3,(H,31,32,33)/t17-,19+,27-;16-,18+,26-/m11/s1. The summed E-state index contributed by atoms with van der Waals surface area (Å²) in [6.07, 6.45) is 8.79. The summed E-state index contributed by atoms with van der Waals surface area (Å²) in [5.74, 6) is 2.02. The molecule has 0 unspecified atom stereocenters. The number of hydrogen-bond donors (Lipinski definition) is 4. The number of carbonyl (C=O) groups is 1. The van der Waals surface area contributed by atoms with Crippen molar-refractivity contribution in [3.63, 3.8) is 0 Å². The Morgan fingerprint density at radius 1 is 0.708 bits per heavy atom. The van der Waals surface area contributed by atoms with Gasteiger partial charge < -0.3 is 26.0 Å². The maximum atomic E-state index is 14.7. The summed E-state index contributed by atoms with van der Waals surface area (Å²) < 4.78 is 34.1. The number of benzene rings is 4. The van der Waals surface area contributed by atoms with E-state index in [0.29, 0.717) is 75.0 Å². The predicted molar refractivity (Wildman–Crippen MR) is 270 cm³/mol. The normalized spacial score (nSPS) is 23.1. The van der Waals surface area contributed by atoms with Crippen molar-refractivity contribution in [2.45, 2.75) is 30.6 Å². The Morgan fingerprint density at radius 2 is 1.24 bits per heavy atom. The SMILES string of the molecule is COC(=O)c1ccc(-c2n[nH]c3nc(N4CC[C@@H]5[C@H](C4)[C@@]5(CN)c4ccccc4F)cnc23)c(Cl)c1.Cc1c(-c2n[nH]c3nc(N4CC[C@@H]5[C@H](C4)[C@@]5(CN)c4ccccc4F)cnc23)ccc2nccnc12. The van der Waals surface area contributed by atoms with Crippen LogP contribution >= 0.6 is 11.6 Å². The lowest BCUT2D eigenvalue weighted by Crippen LogP contribution is -2.32. The summed E-state index contributed by atoms with van der Waals surface area (Å²) in [5, 5.41) is 15.3. The van der Waals surface area contributed by atoms with Gasteiger partial charge in [-0.15, -0.1) is 0 Å². The molecule has 4 aromatic carbocycles. The molecule has 0 bridgehead atoms. The number of methoxy groups -OCH3 is 1. The molecule has 6 atom stereocenters.